The van der Waals surface area contributed by atoms with Gasteiger partial charge in [-0.3, -0.25) is 18.7 Å². The molecule has 2 aromatic rings. The summed E-state index contributed by atoms with van der Waals surface area (Å²) in [5.74, 6) is -0.776. The molecule has 160 valence electrons. The van der Waals surface area contributed by atoms with E-state index in [0.717, 1.165) is 13.8 Å². The van der Waals surface area contributed by atoms with Crippen LogP contribution in [0.4, 0.5) is 0 Å². The molecule has 0 aliphatic heterocycles. The summed E-state index contributed by atoms with van der Waals surface area (Å²) in [6.07, 6.45) is -6.47. The number of carbonyl (C=O) groups is 1. The average molecular weight is 415 g/mol. The third-order valence-electron chi connectivity index (χ3n) is 4.11. The minimum atomic E-state index is -1.87. The number of hydrogen-bond acceptors (Lipinski definition) is 11. The zero-order chi connectivity index (χ0) is 21.9. The Morgan fingerprint density at radius 3 is 2.45 bits per heavy atom. The molecule has 0 bridgehead atoms. The second-order valence-electron chi connectivity index (χ2n) is 6.16. The van der Waals surface area contributed by atoms with Gasteiger partial charge in [-0.15, -0.1) is 5.10 Å². The van der Waals surface area contributed by atoms with Crippen molar-refractivity contribution in [2.45, 2.75) is 31.0 Å². The number of hydrazone groups is 1. The molecule has 15 nitrogen and oxygen atoms in total. The van der Waals surface area contributed by atoms with Gasteiger partial charge in [0.25, 0.3) is 11.5 Å². The van der Waals surface area contributed by atoms with E-state index in [1.807, 2.05) is 5.43 Å². The molecule has 0 aromatic carbocycles. The molecule has 0 saturated heterocycles. The molecule has 1 amide bonds. The molecule has 0 unspecified atom stereocenters. The summed E-state index contributed by atoms with van der Waals surface area (Å²) in [6.45, 7) is -1.33. The molecule has 0 aliphatic carbocycles. The van der Waals surface area contributed by atoms with Crippen molar-refractivity contribution in [3.05, 3.63) is 20.8 Å². The largest absolute Gasteiger partial charge is 0.394 e. The van der Waals surface area contributed by atoms with Gasteiger partial charge in [0, 0.05) is 14.1 Å². The predicted octanol–water partition coefficient (Wildman–Crippen LogP) is -5.63. The first-order chi connectivity index (χ1) is 13.6. The fraction of sp³-hybridized carbons (Fsp3) is 0.571. The van der Waals surface area contributed by atoms with E-state index in [4.69, 9.17) is 5.11 Å². The molecular weight excluding hydrogens is 394 g/mol. The molecule has 2 heterocycles. The monoisotopic (exact) mass is 415 g/mol. The number of nitrogens with one attached hydrogen (secondary N) is 1. The third kappa shape index (κ3) is 4.54. The highest BCUT2D eigenvalue weighted by Gasteiger charge is 2.29. The van der Waals surface area contributed by atoms with E-state index in [9.17, 15) is 34.8 Å². The lowest BCUT2D eigenvalue weighted by Crippen LogP contribution is -2.46. The first-order valence-corrected chi connectivity index (χ1v) is 8.24. The molecule has 0 saturated carbocycles. The van der Waals surface area contributed by atoms with Gasteiger partial charge in [0.05, 0.1) is 12.8 Å². The van der Waals surface area contributed by atoms with Crippen LogP contribution in [0.2, 0.25) is 0 Å². The highest BCUT2D eigenvalue weighted by Crippen LogP contribution is 2.04. The Labute approximate surface area is 161 Å². The number of aryl methyl sites for hydroxylation is 1. The van der Waals surface area contributed by atoms with Crippen molar-refractivity contribution in [1.82, 2.24) is 29.6 Å². The molecule has 29 heavy (non-hydrogen) atoms. The molecule has 2 rings (SSSR count). The van der Waals surface area contributed by atoms with Crippen LogP contribution in [0.5, 0.6) is 0 Å². The quantitative estimate of drug-likeness (QED) is 0.177. The molecule has 0 radical (unpaired) electrons. The number of aromatic nitrogens is 5. The van der Waals surface area contributed by atoms with Gasteiger partial charge in [0.15, 0.2) is 11.2 Å². The topological polar surface area (TPSA) is 217 Å². The predicted molar refractivity (Wildman–Crippen MR) is 95.8 cm³/mol. The van der Waals surface area contributed by atoms with Crippen molar-refractivity contribution < 1.29 is 30.3 Å². The van der Waals surface area contributed by atoms with Crippen molar-refractivity contribution in [3.63, 3.8) is 0 Å². The normalized spacial score (nSPS) is 16.1. The average Bonchev–Trinajstić information content (AvgIpc) is 3.12. The van der Waals surface area contributed by atoms with Crippen LogP contribution in [0.15, 0.2) is 14.7 Å². The number of aliphatic hydroxyl groups is 5. The molecule has 4 atom stereocenters. The van der Waals surface area contributed by atoms with Crippen LogP contribution in [0.1, 0.15) is 0 Å². The molecule has 0 aliphatic rings. The summed E-state index contributed by atoms with van der Waals surface area (Å²) >= 11 is 0. The van der Waals surface area contributed by atoms with E-state index in [2.05, 4.69) is 15.4 Å². The van der Waals surface area contributed by atoms with Gasteiger partial charge < -0.3 is 25.5 Å². The van der Waals surface area contributed by atoms with Gasteiger partial charge >= 0.3 is 5.69 Å². The second-order valence-corrected chi connectivity index (χ2v) is 6.16. The zero-order valence-electron chi connectivity index (χ0n) is 15.4. The SMILES string of the molecule is Cn1c(=O)c2c(nnn2CC(=O)N/N=C/[C@H](O)[C@@H](O)[C@H](O)[C@H](O)CO)n(C)c1=O. The van der Waals surface area contributed by atoms with Crippen molar-refractivity contribution >= 4 is 23.3 Å². The van der Waals surface area contributed by atoms with Crippen LogP contribution in [-0.4, -0.2) is 92.8 Å². The van der Waals surface area contributed by atoms with Crippen LogP contribution in [-0.2, 0) is 25.4 Å². The van der Waals surface area contributed by atoms with E-state index in [-0.39, 0.29) is 11.2 Å². The first kappa shape index (κ1) is 22.3. The summed E-state index contributed by atoms with van der Waals surface area (Å²) in [7, 11) is 2.66. The molecular formula is C14H21N7O8. The molecule has 15 heteroatoms. The van der Waals surface area contributed by atoms with Gasteiger partial charge in [-0.05, 0) is 0 Å². The first-order valence-electron chi connectivity index (χ1n) is 8.24. The summed E-state index contributed by atoms with van der Waals surface area (Å²) in [4.78, 5) is 36.1. The smallest absolute Gasteiger partial charge is 0.332 e. The summed E-state index contributed by atoms with van der Waals surface area (Å²) in [6, 6.07) is 0. The van der Waals surface area contributed by atoms with Crippen LogP contribution >= 0.6 is 0 Å². The lowest BCUT2D eigenvalue weighted by Gasteiger charge is -2.23. The molecule has 0 spiro atoms. The van der Waals surface area contributed by atoms with Gasteiger partial charge in [0.1, 0.15) is 31.0 Å². The zero-order valence-corrected chi connectivity index (χ0v) is 15.4. The Morgan fingerprint density at radius 2 is 1.83 bits per heavy atom. The Balaban J connectivity index is 2.08. The van der Waals surface area contributed by atoms with E-state index in [1.54, 1.807) is 0 Å². The maximum atomic E-state index is 12.3. The minimum absolute atomic E-state index is 0.00984. The lowest BCUT2D eigenvalue weighted by atomic mass is 10.0. The van der Waals surface area contributed by atoms with E-state index in [1.165, 1.54) is 14.1 Å². The molecule has 0 fully saturated rings. The number of nitrogens with zero attached hydrogens (tertiary/aromatic N) is 6. The molecule has 2 aromatic heterocycles. The number of carbonyl (C=O) groups excluding carboxylic acids is 1. The Morgan fingerprint density at radius 1 is 1.17 bits per heavy atom. The van der Waals surface area contributed by atoms with Gasteiger partial charge in [-0.1, -0.05) is 5.21 Å². The van der Waals surface area contributed by atoms with Crippen LogP contribution in [0.3, 0.4) is 0 Å². The highest BCUT2D eigenvalue weighted by molar-refractivity contribution is 5.79. The highest BCUT2D eigenvalue weighted by atomic mass is 16.4. The van der Waals surface area contributed by atoms with E-state index in [0.29, 0.717) is 6.21 Å². The fourth-order valence-corrected chi connectivity index (χ4v) is 2.39. The maximum Gasteiger partial charge on any atom is 0.332 e. The van der Waals surface area contributed by atoms with Crippen LogP contribution in [0.25, 0.3) is 11.2 Å². The summed E-state index contributed by atoms with van der Waals surface area (Å²) < 4.78 is 2.90. The fourth-order valence-electron chi connectivity index (χ4n) is 2.39. The Kier molecular flexibility index (Phi) is 6.93. The number of fused-ring (bicyclic) bond motifs is 1. The van der Waals surface area contributed by atoms with Crippen molar-refractivity contribution in [1.29, 1.82) is 0 Å². The van der Waals surface area contributed by atoms with E-state index >= 15 is 0 Å². The Bertz CT molecular complexity index is 1030. The number of hydrogen-bond donors (Lipinski definition) is 6. The number of rotatable bonds is 8. The summed E-state index contributed by atoms with van der Waals surface area (Å²) in [5.41, 5.74) is 0.623. The van der Waals surface area contributed by atoms with E-state index < -0.39 is 54.7 Å². The lowest BCUT2D eigenvalue weighted by molar-refractivity contribution is -0.121. The van der Waals surface area contributed by atoms with Gasteiger partial charge in [0.2, 0.25) is 0 Å². The van der Waals surface area contributed by atoms with Crippen molar-refractivity contribution in [2.75, 3.05) is 6.61 Å². The minimum Gasteiger partial charge on any atom is -0.394 e. The number of amides is 1. The standard InChI is InChI=1S/C14H21N7O8/c1-19-12-9(13(28)20(2)14(19)29)21(18-17-12)4-8(25)16-15-3-6(23)10(26)11(27)7(24)5-22/h3,6-7,10-11,22-24,26-27H,4-5H2,1-2H3,(H,16,25)/b15-3+/t6-,7+,10+,11+/m0/s1. The van der Waals surface area contributed by atoms with Gasteiger partial charge in [-0.2, -0.15) is 5.10 Å². The third-order valence-corrected chi connectivity index (χ3v) is 4.11. The summed E-state index contributed by atoms with van der Waals surface area (Å²) in [5, 5.41) is 57.5. The van der Waals surface area contributed by atoms with Crippen LogP contribution in [0, 0.1) is 0 Å². The molecule has 6 N–H and O–H groups in total. The number of aliphatic hydroxyl groups excluding tert-OH is 5. The van der Waals surface area contributed by atoms with Crippen LogP contribution < -0.4 is 16.7 Å². The van der Waals surface area contributed by atoms with Crippen molar-refractivity contribution in [3.8, 4) is 0 Å². The second kappa shape index (κ2) is 9.01. The van der Waals surface area contributed by atoms with Crippen molar-refractivity contribution in [2.24, 2.45) is 19.2 Å². The Hall–Kier alpha value is -2.98. The maximum absolute atomic E-state index is 12.3. The van der Waals surface area contributed by atoms with Gasteiger partial charge in [-0.25, -0.2) is 14.9 Å².